The van der Waals surface area contributed by atoms with Crippen LogP contribution >= 0.6 is 0 Å². The Morgan fingerprint density at radius 1 is 0.872 bits per heavy atom. The number of piperazine rings is 1. The SMILES string of the molecule is C[C@@H]1CN(c2cccc3[nH]c(-c4ccc(C(C)(C)C)cc4)nc23)CCN1Cc1ccc2[nH]c(=O)c(=O)[nH]c2c1. The molecule has 0 amide bonds. The lowest BCUT2D eigenvalue weighted by atomic mass is 9.87. The third-order valence-electron chi connectivity index (χ3n) is 7.79. The normalized spacial score (nSPS) is 16.8. The first-order chi connectivity index (χ1) is 18.7. The lowest BCUT2D eigenvalue weighted by Gasteiger charge is -2.41. The van der Waals surface area contributed by atoms with Gasteiger partial charge in [0.05, 0.1) is 22.2 Å². The summed E-state index contributed by atoms with van der Waals surface area (Å²) in [5.41, 5.74) is 6.84. The Labute approximate surface area is 226 Å². The van der Waals surface area contributed by atoms with Crippen molar-refractivity contribution in [1.82, 2.24) is 24.8 Å². The molecule has 5 aromatic rings. The molecule has 39 heavy (non-hydrogen) atoms. The monoisotopic (exact) mass is 522 g/mol. The van der Waals surface area contributed by atoms with Crippen LogP contribution in [0.1, 0.15) is 38.8 Å². The summed E-state index contributed by atoms with van der Waals surface area (Å²) in [6.07, 6.45) is 0. The van der Waals surface area contributed by atoms with Crippen LogP contribution in [0, 0.1) is 0 Å². The van der Waals surface area contributed by atoms with Gasteiger partial charge in [0.1, 0.15) is 11.3 Å². The number of rotatable bonds is 4. The molecule has 1 fully saturated rings. The van der Waals surface area contributed by atoms with Crippen molar-refractivity contribution >= 4 is 27.8 Å². The molecule has 8 nitrogen and oxygen atoms in total. The van der Waals surface area contributed by atoms with E-state index in [1.165, 1.54) is 5.56 Å². The highest BCUT2D eigenvalue weighted by atomic mass is 16.2. The Morgan fingerprint density at radius 2 is 1.62 bits per heavy atom. The van der Waals surface area contributed by atoms with Crippen LogP contribution in [0.25, 0.3) is 33.5 Å². The smallest absolute Gasteiger partial charge is 0.314 e. The molecule has 0 unspecified atom stereocenters. The highest BCUT2D eigenvalue weighted by Gasteiger charge is 2.26. The minimum Gasteiger partial charge on any atom is -0.367 e. The van der Waals surface area contributed by atoms with E-state index in [1.54, 1.807) is 0 Å². The van der Waals surface area contributed by atoms with E-state index in [0.717, 1.165) is 59.9 Å². The van der Waals surface area contributed by atoms with E-state index in [0.29, 0.717) is 17.1 Å². The molecule has 2 aromatic heterocycles. The summed E-state index contributed by atoms with van der Waals surface area (Å²) in [5.74, 6) is 0.889. The van der Waals surface area contributed by atoms with Crippen molar-refractivity contribution in [3.63, 3.8) is 0 Å². The van der Waals surface area contributed by atoms with E-state index >= 15 is 0 Å². The first-order valence-electron chi connectivity index (χ1n) is 13.5. The number of benzene rings is 3. The number of H-pyrrole nitrogens is 3. The summed E-state index contributed by atoms with van der Waals surface area (Å²) in [4.78, 5) is 42.1. The Morgan fingerprint density at radius 3 is 2.33 bits per heavy atom. The lowest BCUT2D eigenvalue weighted by Crippen LogP contribution is -2.51. The van der Waals surface area contributed by atoms with Gasteiger partial charge in [-0.3, -0.25) is 14.5 Å². The van der Waals surface area contributed by atoms with Crippen LogP contribution < -0.4 is 16.0 Å². The van der Waals surface area contributed by atoms with Gasteiger partial charge in [0.2, 0.25) is 0 Å². The summed E-state index contributed by atoms with van der Waals surface area (Å²) in [5, 5.41) is 0. The predicted octanol–water partition coefficient (Wildman–Crippen LogP) is 4.77. The van der Waals surface area contributed by atoms with Crippen molar-refractivity contribution in [1.29, 1.82) is 0 Å². The Kier molecular flexibility index (Phi) is 6.14. The van der Waals surface area contributed by atoms with Gasteiger partial charge in [-0.15, -0.1) is 0 Å². The molecular weight excluding hydrogens is 488 g/mol. The number of hydrogen-bond donors (Lipinski definition) is 3. The number of aromatic nitrogens is 4. The number of aromatic amines is 3. The van der Waals surface area contributed by atoms with Gasteiger partial charge in [0, 0.05) is 37.8 Å². The molecule has 6 rings (SSSR count). The zero-order valence-electron chi connectivity index (χ0n) is 22.8. The molecule has 1 aliphatic rings. The van der Waals surface area contributed by atoms with Gasteiger partial charge in [-0.2, -0.15) is 0 Å². The topological polar surface area (TPSA) is 101 Å². The maximum Gasteiger partial charge on any atom is 0.314 e. The first kappa shape index (κ1) is 25.1. The van der Waals surface area contributed by atoms with Gasteiger partial charge in [0.15, 0.2) is 0 Å². The number of nitrogens with one attached hydrogen (secondary N) is 3. The van der Waals surface area contributed by atoms with Crippen LogP contribution in [-0.2, 0) is 12.0 Å². The average molecular weight is 523 g/mol. The molecule has 1 atom stereocenters. The number of fused-ring (bicyclic) bond motifs is 2. The maximum absolute atomic E-state index is 11.8. The van der Waals surface area contributed by atoms with Crippen LogP contribution in [0.3, 0.4) is 0 Å². The molecule has 0 spiro atoms. The Bertz CT molecular complexity index is 1770. The van der Waals surface area contributed by atoms with Crippen molar-refractivity contribution in [2.45, 2.75) is 45.7 Å². The van der Waals surface area contributed by atoms with Crippen molar-refractivity contribution in [2.75, 3.05) is 24.5 Å². The van der Waals surface area contributed by atoms with Gasteiger partial charge in [-0.25, -0.2) is 4.98 Å². The van der Waals surface area contributed by atoms with Crippen LogP contribution in [0.2, 0.25) is 0 Å². The molecule has 3 N–H and O–H groups in total. The number of hydrogen-bond acceptors (Lipinski definition) is 5. The zero-order valence-corrected chi connectivity index (χ0v) is 22.8. The fraction of sp³-hybridized carbons (Fsp3) is 0.323. The molecule has 1 saturated heterocycles. The predicted molar refractivity (Wildman–Crippen MR) is 158 cm³/mol. The third kappa shape index (κ3) is 4.88. The van der Waals surface area contributed by atoms with Crippen molar-refractivity contribution in [2.24, 2.45) is 0 Å². The molecule has 200 valence electrons. The quantitative estimate of drug-likeness (QED) is 0.295. The Hall–Kier alpha value is -4.17. The number of anilines is 1. The summed E-state index contributed by atoms with van der Waals surface area (Å²) < 4.78 is 0. The van der Waals surface area contributed by atoms with E-state index in [1.807, 2.05) is 18.2 Å². The molecule has 3 heterocycles. The van der Waals surface area contributed by atoms with E-state index in [9.17, 15) is 9.59 Å². The fourth-order valence-corrected chi connectivity index (χ4v) is 5.48. The van der Waals surface area contributed by atoms with Gasteiger partial charge < -0.3 is 19.9 Å². The summed E-state index contributed by atoms with van der Waals surface area (Å²) in [6.45, 7) is 12.4. The van der Waals surface area contributed by atoms with Crippen molar-refractivity contribution in [3.8, 4) is 11.4 Å². The second-order valence-electron chi connectivity index (χ2n) is 11.6. The molecule has 3 aromatic carbocycles. The largest absolute Gasteiger partial charge is 0.367 e. The minimum absolute atomic E-state index is 0.117. The fourth-order valence-electron chi connectivity index (χ4n) is 5.48. The number of imidazole rings is 1. The van der Waals surface area contributed by atoms with E-state index in [4.69, 9.17) is 4.98 Å². The second-order valence-corrected chi connectivity index (χ2v) is 11.6. The van der Waals surface area contributed by atoms with Crippen molar-refractivity contribution < 1.29 is 0 Å². The molecule has 0 bridgehead atoms. The third-order valence-corrected chi connectivity index (χ3v) is 7.79. The molecule has 0 aliphatic carbocycles. The van der Waals surface area contributed by atoms with Crippen LogP contribution in [0.4, 0.5) is 5.69 Å². The Balaban J connectivity index is 1.20. The minimum atomic E-state index is -0.627. The standard InChI is InChI=1S/C31H34N6O2/c1-19-17-37(15-14-36(19)18-20-8-13-23-25(16-20)34-30(39)29(38)33-23)26-7-5-6-24-27(26)35-28(32-24)21-9-11-22(12-10-21)31(2,3)4/h5-13,16,19H,14-15,17-18H2,1-4H3,(H,32,35)(H,33,38)(H,34,39)/t19-/m1/s1. The summed E-state index contributed by atoms with van der Waals surface area (Å²) in [7, 11) is 0. The summed E-state index contributed by atoms with van der Waals surface area (Å²) >= 11 is 0. The molecule has 0 saturated carbocycles. The number of para-hydroxylation sites is 1. The zero-order chi connectivity index (χ0) is 27.3. The van der Waals surface area contributed by atoms with E-state index in [-0.39, 0.29) is 5.41 Å². The van der Waals surface area contributed by atoms with E-state index in [2.05, 4.69) is 94.9 Å². The maximum atomic E-state index is 11.8. The van der Waals surface area contributed by atoms with Gasteiger partial charge in [0.25, 0.3) is 0 Å². The highest BCUT2D eigenvalue weighted by Crippen LogP contribution is 2.31. The molecule has 0 radical (unpaired) electrons. The molecular formula is C31H34N6O2. The summed E-state index contributed by atoms with van der Waals surface area (Å²) in [6, 6.07) is 21.2. The van der Waals surface area contributed by atoms with Gasteiger partial charge in [-0.05, 0) is 47.7 Å². The van der Waals surface area contributed by atoms with Crippen LogP contribution in [-0.4, -0.2) is 50.5 Å². The van der Waals surface area contributed by atoms with Crippen LogP contribution in [0.5, 0.6) is 0 Å². The van der Waals surface area contributed by atoms with Gasteiger partial charge >= 0.3 is 11.1 Å². The number of nitrogens with zero attached hydrogens (tertiary/aromatic N) is 3. The van der Waals surface area contributed by atoms with Crippen molar-refractivity contribution in [3.05, 3.63) is 92.5 Å². The second kappa shape index (κ2) is 9.54. The molecule has 8 heteroatoms. The first-order valence-corrected chi connectivity index (χ1v) is 13.5. The highest BCUT2D eigenvalue weighted by molar-refractivity contribution is 5.91. The van der Waals surface area contributed by atoms with E-state index < -0.39 is 11.1 Å². The lowest BCUT2D eigenvalue weighted by molar-refractivity contribution is 0.181. The molecule has 1 aliphatic heterocycles. The van der Waals surface area contributed by atoms with Gasteiger partial charge in [-0.1, -0.05) is 57.2 Å². The average Bonchev–Trinajstić information content (AvgIpc) is 3.35. The van der Waals surface area contributed by atoms with Crippen LogP contribution in [0.15, 0.2) is 70.3 Å².